The van der Waals surface area contributed by atoms with Crippen molar-refractivity contribution in [3.05, 3.63) is 30.5 Å². The largest absolute Gasteiger partial charge is 0.495 e. The molecule has 1 aromatic carbocycles. The van der Waals surface area contributed by atoms with E-state index in [1.54, 1.807) is 30.5 Å². The summed E-state index contributed by atoms with van der Waals surface area (Å²) in [6.07, 6.45) is 4.42. The van der Waals surface area contributed by atoms with Crippen LogP contribution in [0.15, 0.2) is 39.9 Å². The van der Waals surface area contributed by atoms with Gasteiger partial charge in [0.2, 0.25) is 10.0 Å². The van der Waals surface area contributed by atoms with Crippen LogP contribution in [0.5, 0.6) is 5.75 Å². The van der Waals surface area contributed by atoms with Crippen molar-refractivity contribution < 1.29 is 17.7 Å². The van der Waals surface area contributed by atoms with E-state index in [2.05, 4.69) is 5.16 Å². The van der Waals surface area contributed by atoms with Crippen LogP contribution in [0.25, 0.3) is 11.3 Å². The summed E-state index contributed by atoms with van der Waals surface area (Å²) in [5.74, 6) is 0.889. The fourth-order valence-electron chi connectivity index (χ4n) is 2.64. The second-order valence-electron chi connectivity index (χ2n) is 5.21. The standard InChI is InChI=1S/C15H18N2O4S/c1-20-14-11-12(13-7-8-16-21-13)5-6-15(14)22(18,19)17-9-3-2-4-10-17/h5-8,11H,2-4,9-10H2,1H3. The topological polar surface area (TPSA) is 72.6 Å². The molecule has 118 valence electrons. The number of nitrogens with zero attached hydrogens (tertiary/aromatic N) is 2. The van der Waals surface area contributed by atoms with Crippen LogP contribution < -0.4 is 4.74 Å². The maximum Gasteiger partial charge on any atom is 0.246 e. The monoisotopic (exact) mass is 322 g/mol. The van der Waals surface area contributed by atoms with Gasteiger partial charge in [0, 0.05) is 24.7 Å². The van der Waals surface area contributed by atoms with Crippen molar-refractivity contribution in [1.29, 1.82) is 0 Å². The molecule has 0 atom stereocenters. The van der Waals surface area contributed by atoms with Gasteiger partial charge in [-0.3, -0.25) is 0 Å². The van der Waals surface area contributed by atoms with Crippen LogP contribution in [0, 0.1) is 0 Å². The molecule has 0 N–H and O–H groups in total. The summed E-state index contributed by atoms with van der Waals surface area (Å²) < 4.78 is 37.5. The Morgan fingerprint density at radius 1 is 1.18 bits per heavy atom. The Morgan fingerprint density at radius 3 is 2.59 bits per heavy atom. The molecule has 1 fully saturated rings. The predicted octanol–water partition coefficient (Wildman–Crippen LogP) is 2.52. The van der Waals surface area contributed by atoms with Crippen LogP contribution in [0.1, 0.15) is 19.3 Å². The Labute approximate surface area is 129 Å². The van der Waals surface area contributed by atoms with Crippen LogP contribution in [-0.2, 0) is 10.0 Å². The van der Waals surface area contributed by atoms with Gasteiger partial charge in [0.25, 0.3) is 0 Å². The van der Waals surface area contributed by atoms with Crippen molar-refractivity contribution >= 4 is 10.0 Å². The van der Waals surface area contributed by atoms with Gasteiger partial charge in [-0.05, 0) is 31.0 Å². The molecule has 22 heavy (non-hydrogen) atoms. The van der Waals surface area contributed by atoms with Crippen LogP contribution in [0.3, 0.4) is 0 Å². The van der Waals surface area contributed by atoms with E-state index in [0.29, 0.717) is 24.6 Å². The lowest BCUT2D eigenvalue weighted by molar-refractivity contribution is 0.342. The molecule has 0 radical (unpaired) electrons. The molecule has 3 rings (SSSR count). The zero-order valence-corrected chi connectivity index (χ0v) is 13.2. The van der Waals surface area contributed by atoms with Crippen LogP contribution in [0.2, 0.25) is 0 Å². The molecule has 6 nitrogen and oxygen atoms in total. The Morgan fingerprint density at radius 2 is 1.95 bits per heavy atom. The van der Waals surface area contributed by atoms with Crippen LogP contribution in [0.4, 0.5) is 0 Å². The smallest absolute Gasteiger partial charge is 0.246 e. The number of piperidine rings is 1. The van der Waals surface area contributed by atoms with Gasteiger partial charge in [-0.2, -0.15) is 4.31 Å². The SMILES string of the molecule is COc1cc(-c2ccno2)ccc1S(=O)(=O)N1CCCCC1. The van der Waals surface area contributed by atoms with Crippen molar-refractivity contribution in [2.75, 3.05) is 20.2 Å². The summed E-state index contributed by atoms with van der Waals surface area (Å²) in [6.45, 7) is 1.13. The minimum Gasteiger partial charge on any atom is -0.495 e. The summed E-state index contributed by atoms with van der Waals surface area (Å²) >= 11 is 0. The molecule has 1 aromatic heterocycles. The third kappa shape index (κ3) is 2.74. The lowest BCUT2D eigenvalue weighted by Crippen LogP contribution is -2.35. The fraction of sp³-hybridized carbons (Fsp3) is 0.400. The van der Waals surface area contributed by atoms with Gasteiger partial charge in [-0.15, -0.1) is 0 Å². The number of aromatic nitrogens is 1. The van der Waals surface area contributed by atoms with E-state index in [0.717, 1.165) is 24.8 Å². The molecule has 7 heteroatoms. The summed E-state index contributed by atoms with van der Waals surface area (Å²) in [4.78, 5) is 0.195. The maximum atomic E-state index is 12.8. The highest BCUT2D eigenvalue weighted by molar-refractivity contribution is 7.89. The summed E-state index contributed by atoms with van der Waals surface area (Å²) in [6, 6.07) is 6.66. The second kappa shape index (κ2) is 6.10. The summed E-state index contributed by atoms with van der Waals surface area (Å²) in [5, 5.41) is 3.66. The predicted molar refractivity (Wildman–Crippen MR) is 81.1 cm³/mol. The molecule has 2 heterocycles. The molecule has 0 unspecified atom stereocenters. The highest BCUT2D eigenvalue weighted by Crippen LogP contribution is 2.32. The second-order valence-corrected chi connectivity index (χ2v) is 7.11. The molecule has 2 aromatic rings. The first-order chi connectivity index (χ1) is 10.6. The van der Waals surface area contributed by atoms with Gasteiger partial charge < -0.3 is 9.26 Å². The molecule has 0 saturated carbocycles. The molecular weight excluding hydrogens is 304 g/mol. The Kier molecular flexibility index (Phi) is 4.17. The Hall–Kier alpha value is -1.86. The zero-order chi connectivity index (χ0) is 15.6. The number of rotatable bonds is 4. The van der Waals surface area contributed by atoms with Gasteiger partial charge in [0.15, 0.2) is 5.76 Å². The third-order valence-corrected chi connectivity index (χ3v) is 5.76. The van der Waals surface area contributed by atoms with Gasteiger partial charge in [0.1, 0.15) is 10.6 Å². The number of ether oxygens (including phenoxy) is 1. The van der Waals surface area contributed by atoms with Crippen molar-refractivity contribution in [3.63, 3.8) is 0 Å². The molecule has 0 amide bonds. The Bertz CT molecular complexity index is 735. The van der Waals surface area contributed by atoms with Crippen molar-refractivity contribution in [2.45, 2.75) is 24.2 Å². The highest BCUT2D eigenvalue weighted by Gasteiger charge is 2.29. The lowest BCUT2D eigenvalue weighted by atomic mass is 10.1. The lowest BCUT2D eigenvalue weighted by Gasteiger charge is -2.26. The number of hydrogen-bond acceptors (Lipinski definition) is 5. The number of benzene rings is 1. The molecule has 1 aliphatic rings. The summed E-state index contributed by atoms with van der Waals surface area (Å²) in [7, 11) is -2.06. The first-order valence-electron chi connectivity index (χ1n) is 7.22. The number of hydrogen-bond donors (Lipinski definition) is 0. The minimum atomic E-state index is -3.53. The van der Waals surface area contributed by atoms with E-state index in [1.165, 1.54) is 11.4 Å². The summed E-state index contributed by atoms with van der Waals surface area (Å²) in [5.41, 5.74) is 0.729. The maximum absolute atomic E-state index is 12.8. The first-order valence-corrected chi connectivity index (χ1v) is 8.66. The Balaban J connectivity index is 1.99. The number of methoxy groups -OCH3 is 1. The van der Waals surface area contributed by atoms with E-state index < -0.39 is 10.0 Å². The van der Waals surface area contributed by atoms with Gasteiger partial charge in [-0.1, -0.05) is 11.6 Å². The fourth-order valence-corrected chi connectivity index (χ4v) is 4.30. The van der Waals surface area contributed by atoms with E-state index >= 15 is 0 Å². The molecule has 1 aliphatic heterocycles. The van der Waals surface area contributed by atoms with E-state index in [4.69, 9.17) is 9.26 Å². The molecule has 0 spiro atoms. The van der Waals surface area contributed by atoms with Gasteiger partial charge in [0.05, 0.1) is 13.3 Å². The average Bonchev–Trinajstić information content (AvgIpc) is 3.09. The minimum absolute atomic E-state index is 0.195. The first kappa shape index (κ1) is 15.1. The van der Waals surface area contributed by atoms with Crippen molar-refractivity contribution in [2.24, 2.45) is 0 Å². The van der Waals surface area contributed by atoms with Crippen LogP contribution >= 0.6 is 0 Å². The van der Waals surface area contributed by atoms with E-state index in [9.17, 15) is 8.42 Å². The van der Waals surface area contributed by atoms with Gasteiger partial charge >= 0.3 is 0 Å². The highest BCUT2D eigenvalue weighted by atomic mass is 32.2. The van der Waals surface area contributed by atoms with E-state index in [-0.39, 0.29) is 4.90 Å². The van der Waals surface area contributed by atoms with Crippen molar-refractivity contribution in [1.82, 2.24) is 9.46 Å². The number of sulfonamides is 1. The normalized spacial score (nSPS) is 16.6. The van der Waals surface area contributed by atoms with Crippen LogP contribution in [-0.4, -0.2) is 38.1 Å². The molecule has 0 bridgehead atoms. The average molecular weight is 322 g/mol. The van der Waals surface area contributed by atoms with Crippen molar-refractivity contribution in [3.8, 4) is 17.1 Å². The third-order valence-electron chi connectivity index (χ3n) is 3.82. The quantitative estimate of drug-likeness (QED) is 0.865. The van der Waals surface area contributed by atoms with Gasteiger partial charge in [-0.25, -0.2) is 8.42 Å². The molecular formula is C15H18N2O4S. The van der Waals surface area contributed by atoms with E-state index in [1.807, 2.05) is 0 Å². The molecule has 0 aliphatic carbocycles. The molecule has 1 saturated heterocycles. The zero-order valence-electron chi connectivity index (χ0n) is 12.4.